The Morgan fingerprint density at radius 1 is 1.02 bits per heavy atom. The van der Waals surface area contributed by atoms with Crippen LogP contribution in [0.1, 0.15) is 55.2 Å². The van der Waals surface area contributed by atoms with Gasteiger partial charge in [-0.25, -0.2) is 17.8 Å². The summed E-state index contributed by atoms with van der Waals surface area (Å²) in [4.78, 5) is 32.4. The molecule has 4 aliphatic carbocycles. The van der Waals surface area contributed by atoms with Crippen molar-refractivity contribution in [2.45, 2.75) is 55.8 Å². The van der Waals surface area contributed by atoms with Gasteiger partial charge in [-0.3, -0.25) is 19.5 Å². The Labute approximate surface area is 280 Å². The number of halogens is 1. The van der Waals surface area contributed by atoms with Gasteiger partial charge in [0.1, 0.15) is 17.0 Å². The summed E-state index contributed by atoms with van der Waals surface area (Å²) >= 11 is 3.65. The van der Waals surface area contributed by atoms with Crippen molar-refractivity contribution in [2.24, 2.45) is 22.7 Å². The van der Waals surface area contributed by atoms with E-state index in [0.717, 1.165) is 34.1 Å². The van der Waals surface area contributed by atoms with E-state index in [2.05, 4.69) is 36.7 Å². The quantitative estimate of drug-likeness (QED) is 0.182. The number of hydrogen-bond donors (Lipinski definition) is 3. The highest BCUT2D eigenvalue weighted by Crippen LogP contribution is 2.61. The number of aryl methyl sites for hydroxylation is 1. The van der Waals surface area contributed by atoms with Gasteiger partial charge in [-0.1, -0.05) is 18.2 Å². The monoisotopic (exact) mass is 718 g/mol. The Hall–Kier alpha value is -4.16. The van der Waals surface area contributed by atoms with Gasteiger partial charge in [0.15, 0.2) is 0 Å². The number of sulfonamides is 1. The number of aromatic hydroxyl groups is 1. The molecule has 47 heavy (non-hydrogen) atoms. The largest absolute Gasteiger partial charge is 0.494 e. The van der Waals surface area contributed by atoms with Crippen LogP contribution in [0.15, 0.2) is 84.6 Å². The summed E-state index contributed by atoms with van der Waals surface area (Å²) in [5.41, 5.74) is 1.45. The maximum absolute atomic E-state index is 13.1. The van der Waals surface area contributed by atoms with Gasteiger partial charge in [0.2, 0.25) is 5.88 Å². The average molecular weight is 720 g/mol. The molecule has 1 aromatic heterocycles. The van der Waals surface area contributed by atoms with Crippen molar-refractivity contribution < 1.29 is 18.3 Å². The van der Waals surface area contributed by atoms with E-state index < -0.39 is 27.2 Å². The van der Waals surface area contributed by atoms with Crippen molar-refractivity contribution in [3.63, 3.8) is 0 Å². The minimum Gasteiger partial charge on any atom is -0.494 e. The van der Waals surface area contributed by atoms with Gasteiger partial charge in [-0.2, -0.15) is 0 Å². The molecule has 0 aliphatic heterocycles. The van der Waals surface area contributed by atoms with E-state index in [9.17, 15) is 23.1 Å². The fraction of sp³-hybridized carbons (Fsp3) is 0.343. The first-order valence-electron chi connectivity index (χ1n) is 15.6. The summed E-state index contributed by atoms with van der Waals surface area (Å²) in [5.74, 6) is 1.89. The number of aliphatic imine (C=N–C) groups is 1. The van der Waals surface area contributed by atoms with Crippen LogP contribution in [-0.4, -0.2) is 36.4 Å². The van der Waals surface area contributed by atoms with E-state index in [4.69, 9.17) is 4.74 Å². The molecule has 10 nitrogen and oxygen atoms in total. The van der Waals surface area contributed by atoms with Crippen LogP contribution in [0, 0.1) is 24.7 Å². The van der Waals surface area contributed by atoms with E-state index in [1.807, 2.05) is 25.1 Å². The molecule has 3 aromatic carbocycles. The predicted molar refractivity (Wildman–Crippen MR) is 184 cm³/mol. The summed E-state index contributed by atoms with van der Waals surface area (Å²) in [7, 11) is -2.57. The van der Waals surface area contributed by atoms with Crippen LogP contribution >= 0.6 is 15.9 Å². The first-order valence-corrected chi connectivity index (χ1v) is 17.9. The average Bonchev–Trinajstić information content (AvgIpc) is 3.00. The molecule has 3 N–H and O–H groups in total. The number of nitrogens with one attached hydrogen (secondary N) is 2. The molecule has 0 radical (unpaired) electrons. The van der Waals surface area contributed by atoms with Crippen molar-refractivity contribution >= 4 is 43.5 Å². The van der Waals surface area contributed by atoms with Gasteiger partial charge in [0, 0.05) is 22.4 Å². The molecule has 4 bridgehead atoms. The van der Waals surface area contributed by atoms with Crippen molar-refractivity contribution in [1.82, 2.24) is 9.55 Å². The minimum absolute atomic E-state index is 0.0501. The lowest BCUT2D eigenvalue weighted by molar-refractivity contribution is -0.00521. The molecule has 4 aromatic rings. The third-order valence-corrected chi connectivity index (χ3v) is 12.0. The third-order valence-electron chi connectivity index (χ3n) is 10.0. The number of ether oxygens (including phenoxy) is 1. The van der Waals surface area contributed by atoms with Gasteiger partial charge in [0.25, 0.3) is 15.6 Å². The molecule has 1 heterocycles. The normalized spacial score (nSPS) is 23.3. The lowest BCUT2D eigenvalue weighted by Crippen LogP contribution is -2.48. The summed E-state index contributed by atoms with van der Waals surface area (Å²) in [6.07, 6.45) is 8.70. The van der Waals surface area contributed by atoms with Crippen molar-refractivity contribution in [1.29, 1.82) is 0 Å². The molecular formula is C35H35BrN4O6S. The fourth-order valence-electron chi connectivity index (χ4n) is 8.35. The molecule has 0 unspecified atom stereocenters. The minimum atomic E-state index is -3.94. The topological polar surface area (TPSA) is 143 Å². The van der Waals surface area contributed by atoms with Gasteiger partial charge < -0.3 is 9.84 Å². The summed E-state index contributed by atoms with van der Waals surface area (Å²) in [6, 6.07) is 17.0. The van der Waals surface area contributed by atoms with Crippen LogP contribution in [-0.2, 0) is 15.4 Å². The number of aromatic amines is 1. The number of rotatable bonds is 8. The van der Waals surface area contributed by atoms with Gasteiger partial charge in [-0.05, 0) is 132 Å². The van der Waals surface area contributed by atoms with Crippen molar-refractivity contribution in [2.75, 3.05) is 11.8 Å². The first-order chi connectivity index (χ1) is 22.4. The Balaban J connectivity index is 1.19. The Kier molecular flexibility index (Phi) is 7.91. The number of nitrogens with zero attached hydrogens (tertiary/aromatic N) is 2. The number of hydrogen-bond acceptors (Lipinski definition) is 7. The Bertz CT molecular complexity index is 2120. The lowest BCUT2D eigenvalue weighted by atomic mass is 9.48. The molecule has 4 saturated carbocycles. The fourth-order valence-corrected chi connectivity index (χ4v) is 9.97. The highest BCUT2D eigenvalue weighted by Gasteiger charge is 2.51. The second-order valence-electron chi connectivity index (χ2n) is 13.3. The molecule has 8 rings (SSSR count). The molecule has 0 amide bonds. The Morgan fingerprint density at radius 3 is 2.36 bits per heavy atom. The zero-order chi connectivity index (χ0) is 33.1. The Morgan fingerprint density at radius 2 is 1.72 bits per heavy atom. The molecule has 4 fully saturated rings. The van der Waals surface area contributed by atoms with E-state index in [1.165, 1.54) is 69.4 Å². The SMILES string of the molecule is COc1cc(S(=O)(=O)Nc2cccc(C)c2)ccc1N=Cc1c(O)n(-c2ccc(C34CC5CC(CC(C5)C3)C4)cc2Br)c(=O)[nH]c1=O. The maximum Gasteiger partial charge on any atom is 0.335 e. The summed E-state index contributed by atoms with van der Waals surface area (Å²) < 4.78 is 35.7. The second kappa shape index (κ2) is 11.8. The molecule has 244 valence electrons. The van der Waals surface area contributed by atoms with E-state index >= 15 is 0 Å². The standard InChI is InChI=1S/C35H35BrN4O6S/c1-20-4-3-5-25(10-20)39-47(44,45)26-7-8-29(31(15-26)46-2)37-19-27-32(41)38-34(43)40(33(27)42)30-9-6-24(14-28(30)36)35-16-21-11-22(17-35)13-23(12-21)18-35/h3-10,14-15,19,21-23,39,42H,11-13,16-18H2,1-2H3,(H,38,41,43). The summed E-state index contributed by atoms with van der Waals surface area (Å²) in [6.45, 7) is 1.86. The van der Waals surface area contributed by atoms with Crippen LogP contribution < -0.4 is 20.7 Å². The van der Waals surface area contributed by atoms with Crippen molar-refractivity contribution in [3.8, 4) is 17.3 Å². The van der Waals surface area contributed by atoms with Crippen LogP contribution in [0.4, 0.5) is 11.4 Å². The molecule has 0 spiro atoms. The first kappa shape index (κ1) is 31.4. The smallest absolute Gasteiger partial charge is 0.335 e. The van der Waals surface area contributed by atoms with E-state index in [-0.39, 0.29) is 27.3 Å². The number of methoxy groups -OCH3 is 1. The molecule has 0 atom stereocenters. The number of anilines is 1. The zero-order valence-corrected chi connectivity index (χ0v) is 28.4. The van der Waals surface area contributed by atoms with Gasteiger partial charge in [0.05, 0.1) is 17.7 Å². The van der Waals surface area contributed by atoms with Crippen LogP contribution in [0.25, 0.3) is 5.69 Å². The molecule has 12 heteroatoms. The number of aromatic nitrogens is 2. The predicted octanol–water partition coefficient (Wildman–Crippen LogP) is 6.33. The van der Waals surface area contributed by atoms with Crippen LogP contribution in [0.5, 0.6) is 11.6 Å². The van der Waals surface area contributed by atoms with E-state index in [1.54, 1.807) is 18.2 Å². The third kappa shape index (κ3) is 5.82. The highest BCUT2D eigenvalue weighted by atomic mass is 79.9. The summed E-state index contributed by atoms with van der Waals surface area (Å²) in [5, 5.41) is 11.3. The maximum atomic E-state index is 13.1. The van der Waals surface area contributed by atoms with E-state index in [0.29, 0.717) is 15.8 Å². The number of H-pyrrole nitrogens is 1. The van der Waals surface area contributed by atoms with Gasteiger partial charge in [-0.15, -0.1) is 0 Å². The second-order valence-corrected chi connectivity index (χ2v) is 15.8. The van der Waals surface area contributed by atoms with Crippen LogP contribution in [0.3, 0.4) is 0 Å². The van der Waals surface area contributed by atoms with Crippen molar-refractivity contribution in [3.05, 3.63) is 103 Å². The van der Waals surface area contributed by atoms with Gasteiger partial charge >= 0.3 is 5.69 Å². The van der Waals surface area contributed by atoms with Crippen LogP contribution in [0.2, 0.25) is 0 Å². The highest BCUT2D eigenvalue weighted by molar-refractivity contribution is 9.10. The number of benzene rings is 3. The molecule has 0 saturated heterocycles. The lowest BCUT2D eigenvalue weighted by Gasteiger charge is -2.57. The molecule has 4 aliphatic rings. The molecular weight excluding hydrogens is 684 g/mol. The zero-order valence-electron chi connectivity index (χ0n) is 26.0.